The Kier molecular flexibility index (Phi) is 5.65. The van der Waals surface area contributed by atoms with Crippen LogP contribution in [0.1, 0.15) is 5.56 Å². The molecule has 0 spiro atoms. The van der Waals surface area contributed by atoms with E-state index in [4.69, 9.17) is 11.6 Å². The fourth-order valence-corrected chi connectivity index (χ4v) is 4.43. The molecular weight excluding hydrogens is 428 g/mol. The smallest absolute Gasteiger partial charge is 0.286 e. The summed E-state index contributed by atoms with van der Waals surface area (Å²) < 4.78 is 0. The summed E-state index contributed by atoms with van der Waals surface area (Å²) in [6.45, 7) is 2.94. The maximum absolute atomic E-state index is 12.3. The van der Waals surface area contributed by atoms with Crippen molar-refractivity contribution in [3.05, 3.63) is 68.1 Å². The second kappa shape index (κ2) is 8.37. The van der Waals surface area contributed by atoms with Gasteiger partial charge in [-0.15, -0.1) is 0 Å². The number of amidine groups is 1. The van der Waals surface area contributed by atoms with Gasteiger partial charge in [0.05, 0.1) is 9.83 Å². The maximum atomic E-state index is 12.3. The number of hydrogen-bond acceptors (Lipinski definition) is 7. The second-order valence-corrected chi connectivity index (χ2v) is 8.19. The molecule has 2 heterocycles. The van der Waals surface area contributed by atoms with Crippen molar-refractivity contribution >= 4 is 51.9 Å². The topological polar surface area (TPSA) is 102 Å². The minimum atomic E-state index is -0.727. The summed E-state index contributed by atoms with van der Waals surface area (Å²) in [5, 5.41) is 23.8. The molecule has 2 aliphatic heterocycles. The molecule has 1 fully saturated rings. The van der Waals surface area contributed by atoms with Crippen LogP contribution in [-0.2, 0) is 4.79 Å². The van der Waals surface area contributed by atoms with Gasteiger partial charge in [0.2, 0.25) is 0 Å². The van der Waals surface area contributed by atoms with Crippen molar-refractivity contribution in [1.29, 1.82) is 0 Å². The normalized spacial score (nSPS) is 18.1. The molecule has 30 heavy (non-hydrogen) atoms. The van der Waals surface area contributed by atoms with Crippen molar-refractivity contribution in [2.24, 2.45) is 4.99 Å². The lowest BCUT2D eigenvalue weighted by molar-refractivity contribution is -0.398. The van der Waals surface area contributed by atoms with E-state index in [9.17, 15) is 20.0 Å². The molecule has 2 aliphatic rings. The number of benzene rings is 2. The van der Waals surface area contributed by atoms with E-state index in [0.717, 1.165) is 24.8 Å². The molecule has 0 radical (unpaired) electrons. The molecule has 0 N–H and O–H groups in total. The second-order valence-electron chi connectivity index (χ2n) is 6.75. The minimum absolute atomic E-state index is 0.371. The van der Waals surface area contributed by atoms with E-state index in [-0.39, 0.29) is 5.91 Å². The molecule has 1 saturated heterocycles. The number of rotatable bonds is 3. The van der Waals surface area contributed by atoms with Gasteiger partial charge in [0.1, 0.15) is 0 Å². The van der Waals surface area contributed by atoms with E-state index >= 15 is 0 Å². The Balaban J connectivity index is 1.43. The highest BCUT2D eigenvalue weighted by molar-refractivity contribution is 8.18. The summed E-state index contributed by atoms with van der Waals surface area (Å²) in [4.78, 5) is 31.3. The molecule has 2 aromatic rings. The monoisotopic (exact) mass is 443 g/mol. The van der Waals surface area contributed by atoms with Gasteiger partial charge >= 0.3 is 0 Å². The predicted octanol–water partition coefficient (Wildman–Crippen LogP) is 3.11. The number of amides is 1. The average Bonchev–Trinajstić information content (AvgIpc) is 3.09. The first-order chi connectivity index (χ1) is 14.4. The number of nitro groups is 1. The maximum Gasteiger partial charge on any atom is 0.286 e. The average molecular weight is 444 g/mol. The van der Waals surface area contributed by atoms with Crippen molar-refractivity contribution in [3.8, 4) is 5.75 Å². The third-order valence-corrected chi connectivity index (χ3v) is 6.09. The van der Waals surface area contributed by atoms with Crippen LogP contribution in [0.4, 0.5) is 11.4 Å². The molecule has 10 heteroatoms. The van der Waals surface area contributed by atoms with Crippen molar-refractivity contribution < 1.29 is 14.8 Å². The summed E-state index contributed by atoms with van der Waals surface area (Å²) >= 11 is 7.31. The number of anilines is 1. The molecule has 0 atom stereocenters. The molecule has 154 valence electrons. The molecule has 8 nitrogen and oxygen atoms in total. The molecular formula is C20H16ClN4O4S-. The van der Waals surface area contributed by atoms with Gasteiger partial charge in [0, 0.05) is 43.0 Å². The number of hydrogen-bond donors (Lipinski definition) is 0. The van der Waals surface area contributed by atoms with Crippen LogP contribution in [0.15, 0.2) is 52.4 Å². The number of nitrogens with zero attached hydrogens (tertiary/aromatic N) is 4. The summed E-state index contributed by atoms with van der Waals surface area (Å²) in [6, 6.07) is 11.5. The number of carbonyl (C=O) groups is 1. The van der Waals surface area contributed by atoms with Gasteiger partial charge in [0.15, 0.2) is 5.17 Å². The number of aliphatic imine (C=N–C) groups is 1. The van der Waals surface area contributed by atoms with E-state index in [1.807, 2.05) is 29.2 Å². The molecule has 4 rings (SSSR count). The Hall–Kier alpha value is -3.04. The van der Waals surface area contributed by atoms with Crippen LogP contribution in [0.25, 0.3) is 6.08 Å². The fraction of sp³-hybridized carbons (Fsp3) is 0.200. The number of piperazine rings is 1. The van der Waals surface area contributed by atoms with Gasteiger partial charge in [-0.3, -0.25) is 14.9 Å². The first-order valence-electron chi connectivity index (χ1n) is 9.14. The Morgan fingerprint density at radius 1 is 1.10 bits per heavy atom. The highest BCUT2D eigenvalue weighted by Gasteiger charge is 2.28. The van der Waals surface area contributed by atoms with E-state index in [1.165, 1.54) is 30.0 Å². The predicted molar refractivity (Wildman–Crippen MR) is 116 cm³/mol. The van der Waals surface area contributed by atoms with E-state index in [2.05, 4.69) is 9.89 Å². The largest absolute Gasteiger partial charge is 0.868 e. The zero-order valence-corrected chi connectivity index (χ0v) is 17.2. The quantitative estimate of drug-likeness (QED) is 0.408. The number of carbonyl (C=O) groups excluding carboxylic acids is 1. The Morgan fingerprint density at radius 3 is 2.53 bits per heavy atom. The number of halogens is 1. The van der Waals surface area contributed by atoms with Crippen LogP contribution in [0.2, 0.25) is 5.02 Å². The standard InChI is InChI=1S/C20H17ClN4O4S/c21-14-2-1-3-15(12-14)23-6-8-24(9-7-23)20-22-19(27)18(30-20)11-13-4-5-17(26)16(10-13)25(28)29/h1-5,10-12,26H,6-9H2/p-1/b18-11-. The van der Waals surface area contributed by atoms with Crippen LogP contribution in [0.5, 0.6) is 5.75 Å². The van der Waals surface area contributed by atoms with Gasteiger partial charge in [0.25, 0.3) is 11.6 Å². The molecule has 0 aromatic heterocycles. The van der Waals surface area contributed by atoms with E-state index in [1.54, 1.807) is 0 Å². The van der Waals surface area contributed by atoms with Gasteiger partial charge in [-0.05, 0) is 47.3 Å². The summed E-state index contributed by atoms with van der Waals surface area (Å²) in [5.74, 6) is -1.05. The Bertz CT molecular complexity index is 1080. The van der Waals surface area contributed by atoms with Crippen LogP contribution in [0.3, 0.4) is 0 Å². The van der Waals surface area contributed by atoms with Crippen molar-refractivity contribution in [2.45, 2.75) is 0 Å². The zero-order chi connectivity index (χ0) is 21.3. The fourth-order valence-electron chi connectivity index (χ4n) is 3.28. The zero-order valence-electron chi connectivity index (χ0n) is 15.7. The Morgan fingerprint density at radius 2 is 1.83 bits per heavy atom. The van der Waals surface area contributed by atoms with E-state index in [0.29, 0.717) is 33.7 Å². The summed E-state index contributed by atoms with van der Waals surface area (Å²) in [7, 11) is 0. The molecule has 0 unspecified atom stereocenters. The lowest BCUT2D eigenvalue weighted by Gasteiger charge is -2.36. The molecule has 1 amide bonds. The first kappa shape index (κ1) is 20.2. The molecule has 0 saturated carbocycles. The number of thioether (sulfide) groups is 1. The van der Waals surface area contributed by atoms with Crippen molar-refractivity contribution in [1.82, 2.24) is 4.90 Å². The third-order valence-electron chi connectivity index (χ3n) is 4.81. The molecule has 0 bridgehead atoms. The molecule has 2 aromatic carbocycles. The van der Waals surface area contributed by atoms with Crippen molar-refractivity contribution in [2.75, 3.05) is 31.1 Å². The van der Waals surface area contributed by atoms with Gasteiger partial charge in [-0.25, -0.2) is 0 Å². The van der Waals surface area contributed by atoms with Crippen LogP contribution < -0.4 is 10.0 Å². The van der Waals surface area contributed by atoms with Gasteiger partial charge < -0.3 is 14.9 Å². The van der Waals surface area contributed by atoms with Gasteiger partial charge in [-0.1, -0.05) is 29.8 Å². The lowest BCUT2D eigenvalue weighted by Crippen LogP contribution is -2.47. The third kappa shape index (κ3) is 4.27. The highest BCUT2D eigenvalue weighted by atomic mass is 35.5. The number of nitro benzene ring substituents is 1. The van der Waals surface area contributed by atoms with Gasteiger partial charge in [-0.2, -0.15) is 4.99 Å². The SMILES string of the molecule is O=C1N=C(N2CCN(c3cccc(Cl)c3)CC2)S/C1=C\c1ccc([O-])c([N+](=O)[O-])c1. The Labute approximate surface area is 181 Å². The lowest BCUT2D eigenvalue weighted by atomic mass is 10.1. The summed E-state index contributed by atoms with van der Waals surface area (Å²) in [5.41, 5.74) is 0.959. The van der Waals surface area contributed by atoms with E-state index < -0.39 is 16.4 Å². The first-order valence-corrected chi connectivity index (χ1v) is 10.3. The summed E-state index contributed by atoms with van der Waals surface area (Å²) in [6.07, 6.45) is 1.53. The van der Waals surface area contributed by atoms with Crippen molar-refractivity contribution in [3.63, 3.8) is 0 Å². The van der Waals surface area contributed by atoms with Crippen LogP contribution >= 0.6 is 23.4 Å². The highest BCUT2D eigenvalue weighted by Crippen LogP contribution is 2.33. The van der Waals surface area contributed by atoms with Crippen LogP contribution in [-0.4, -0.2) is 47.1 Å². The minimum Gasteiger partial charge on any atom is -0.868 e. The molecule has 0 aliphatic carbocycles. The van der Waals surface area contributed by atoms with Crippen LogP contribution in [0, 0.1) is 10.1 Å².